The molecule has 1 aliphatic rings. The molecule has 0 radical (unpaired) electrons. The molecule has 112 valence electrons. The Hall–Kier alpha value is -2.54. The van der Waals surface area contributed by atoms with Gasteiger partial charge in [0.2, 0.25) is 0 Å². The molecule has 1 atom stereocenters. The van der Waals surface area contributed by atoms with Crippen LogP contribution in [0.5, 0.6) is 0 Å². The summed E-state index contributed by atoms with van der Waals surface area (Å²) in [6, 6.07) is 14.0. The zero-order valence-corrected chi connectivity index (χ0v) is 12.7. The van der Waals surface area contributed by atoms with Gasteiger partial charge in [-0.25, -0.2) is 0 Å². The topological polar surface area (TPSA) is 59.9 Å². The predicted molar refractivity (Wildman–Crippen MR) is 84.4 cm³/mol. The van der Waals surface area contributed by atoms with Crippen LogP contribution in [-0.4, -0.2) is 28.9 Å². The van der Waals surface area contributed by atoms with Crippen molar-refractivity contribution in [3.63, 3.8) is 0 Å². The monoisotopic (exact) mass is 293 g/mol. The van der Waals surface area contributed by atoms with Crippen molar-refractivity contribution >= 4 is 5.91 Å². The average Bonchev–Trinajstić information content (AvgIpc) is 3.04. The highest BCUT2D eigenvalue weighted by molar-refractivity contribution is 5.94. The van der Waals surface area contributed by atoms with E-state index in [1.807, 2.05) is 29.2 Å². The number of carbonyl (C=O) groups is 1. The van der Waals surface area contributed by atoms with Crippen LogP contribution in [-0.2, 0) is 5.41 Å². The Morgan fingerprint density at radius 2 is 2.14 bits per heavy atom. The molecule has 2 heterocycles. The van der Waals surface area contributed by atoms with Crippen molar-refractivity contribution in [1.82, 2.24) is 9.88 Å². The number of likely N-dealkylation sites (tertiary alicyclic amines) is 1. The Morgan fingerprint density at radius 3 is 2.82 bits per heavy atom. The van der Waals surface area contributed by atoms with E-state index >= 15 is 0 Å². The van der Waals surface area contributed by atoms with Gasteiger partial charge in [-0.2, -0.15) is 5.26 Å². The molecular weight excluding hydrogens is 274 g/mol. The maximum Gasteiger partial charge on any atom is 0.255 e. The summed E-state index contributed by atoms with van der Waals surface area (Å²) in [4.78, 5) is 17.4. The van der Waals surface area contributed by atoms with Crippen LogP contribution in [0.2, 0.25) is 0 Å². The van der Waals surface area contributed by atoms with Crippen molar-refractivity contribution in [2.75, 3.05) is 13.1 Å². The molecule has 0 aliphatic carbocycles. The van der Waals surface area contributed by atoms with Gasteiger partial charge in [0, 0.05) is 24.7 Å². The second-order valence-corrected chi connectivity index (χ2v) is 6.17. The molecule has 1 unspecified atom stereocenters. The highest BCUT2D eigenvalue weighted by Gasteiger charge is 2.34. The number of nitrogens with zero attached hydrogens (tertiary/aromatic N) is 2. The predicted octanol–water partition coefficient (Wildman–Crippen LogP) is 3.08. The molecule has 22 heavy (non-hydrogen) atoms. The number of aromatic nitrogens is 1. The number of hydrogen-bond donors (Lipinski definition) is 1. The first kappa shape index (κ1) is 14.4. The number of H-pyrrole nitrogens is 1. The van der Waals surface area contributed by atoms with Crippen LogP contribution in [0, 0.1) is 11.3 Å². The molecule has 1 fully saturated rings. The fourth-order valence-corrected chi connectivity index (χ4v) is 3.25. The standard InChI is InChI=1S/C18H19N3O/c1-18(15-6-3-2-4-7-15)8-5-9-21(13-18)17(22)14-10-16(11-19)20-12-14/h2-4,6-7,10,12,20H,5,8-9,13H2,1H3. The van der Waals surface area contributed by atoms with Gasteiger partial charge in [0.1, 0.15) is 11.8 Å². The lowest BCUT2D eigenvalue weighted by Crippen LogP contribution is -2.47. The van der Waals surface area contributed by atoms with Crippen molar-refractivity contribution in [2.45, 2.75) is 25.2 Å². The molecule has 0 saturated carbocycles. The number of hydrogen-bond acceptors (Lipinski definition) is 2. The number of rotatable bonds is 2. The van der Waals surface area contributed by atoms with Crippen LogP contribution in [0.4, 0.5) is 0 Å². The summed E-state index contributed by atoms with van der Waals surface area (Å²) in [5.41, 5.74) is 2.25. The molecule has 4 heteroatoms. The Labute approximate surface area is 130 Å². The number of nitriles is 1. The van der Waals surface area contributed by atoms with E-state index in [1.165, 1.54) is 5.56 Å². The third-order valence-electron chi connectivity index (χ3n) is 4.50. The molecule has 0 bridgehead atoms. The van der Waals surface area contributed by atoms with Gasteiger partial charge < -0.3 is 9.88 Å². The van der Waals surface area contributed by atoms with E-state index in [2.05, 4.69) is 24.0 Å². The lowest BCUT2D eigenvalue weighted by atomic mass is 9.76. The van der Waals surface area contributed by atoms with E-state index < -0.39 is 0 Å². The molecule has 1 saturated heterocycles. The third-order valence-corrected chi connectivity index (χ3v) is 4.50. The first-order valence-corrected chi connectivity index (χ1v) is 7.56. The summed E-state index contributed by atoms with van der Waals surface area (Å²) in [5, 5.41) is 8.87. The van der Waals surface area contributed by atoms with Crippen molar-refractivity contribution < 1.29 is 4.79 Å². The van der Waals surface area contributed by atoms with E-state index in [-0.39, 0.29) is 11.3 Å². The number of benzene rings is 1. The molecule has 4 nitrogen and oxygen atoms in total. The minimum atomic E-state index is -0.0104. The molecular formula is C18H19N3O. The minimum absolute atomic E-state index is 0.000365. The minimum Gasteiger partial charge on any atom is -0.352 e. The molecule has 1 aromatic heterocycles. The summed E-state index contributed by atoms with van der Waals surface area (Å²) in [6.45, 7) is 3.71. The van der Waals surface area contributed by atoms with Crippen LogP contribution < -0.4 is 0 Å². The molecule has 1 aromatic carbocycles. The van der Waals surface area contributed by atoms with Crippen LogP contribution in [0.1, 0.15) is 41.4 Å². The van der Waals surface area contributed by atoms with Gasteiger partial charge in [0.05, 0.1) is 5.56 Å². The zero-order chi connectivity index (χ0) is 15.6. The van der Waals surface area contributed by atoms with Crippen molar-refractivity contribution in [1.29, 1.82) is 5.26 Å². The summed E-state index contributed by atoms with van der Waals surface area (Å²) in [6.07, 6.45) is 3.69. The van der Waals surface area contributed by atoms with Crippen LogP contribution in [0.15, 0.2) is 42.6 Å². The smallest absolute Gasteiger partial charge is 0.255 e. The van der Waals surface area contributed by atoms with Gasteiger partial charge in [-0.15, -0.1) is 0 Å². The lowest BCUT2D eigenvalue weighted by molar-refractivity contribution is 0.0651. The Balaban J connectivity index is 1.81. The Morgan fingerprint density at radius 1 is 1.36 bits per heavy atom. The van der Waals surface area contributed by atoms with Gasteiger partial charge >= 0.3 is 0 Å². The Kier molecular flexibility index (Phi) is 3.72. The maximum absolute atomic E-state index is 12.6. The van der Waals surface area contributed by atoms with E-state index in [9.17, 15) is 4.79 Å². The van der Waals surface area contributed by atoms with Gasteiger partial charge in [0.15, 0.2) is 0 Å². The maximum atomic E-state index is 12.6. The van der Waals surface area contributed by atoms with E-state index in [0.717, 1.165) is 19.4 Å². The van der Waals surface area contributed by atoms with Gasteiger partial charge in [0.25, 0.3) is 5.91 Å². The van der Waals surface area contributed by atoms with Gasteiger partial charge in [-0.1, -0.05) is 37.3 Å². The molecule has 1 N–H and O–H groups in total. The second kappa shape index (κ2) is 5.69. The number of aromatic amines is 1. The number of piperidine rings is 1. The van der Waals surface area contributed by atoms with Crippen molar-refractivity contribution in [3.8, 4) is 6.07 Å². The van der Waals surface area contributed by atoms with E-state index in [1.54, 1.807) is 12.3 Å². The SMILES string of the molecule is CC1(c2ccccc2)CCCN(C(=O)c2c[nH]c(C#N)c2)C1. The summed E-state index contributed by atoms with van der Waals surface area (Å²) >= 11 is 0. The van der Waals surface area contributed by atoms with Crippen LogP contribution >= 0.6 is 0 Å². The molecule has 2 aromatic rings. The molecule has 1 amide bonds. The second-order valence-electron chi connectivity index (χ2n) is 6.17. The van der Waals surface area contributed by atoms with E-state index in [4.69, 9.17) is 5.26 Å². The molecule has 0 spiro atoms. The molecule has 3 rings (SSSR count). The first-order chi connectivity index (χ1) is 10.6. The first-order valence-electron chi connectivity index (χ1n) is 7.56. The van der Waals surface area contributed by atoms with Crippen molar-refractivity contribution in [2.24, 2.45) is 0 Å². The van der Waals surface area contributed by atoms with Crippen molar-refractivity contribution in [3.05, 3.63) is 59.4 Å². The lowest BCUT2D eigenvalue weighted by Gasteiger charge is -2.41. The van der Waals surface area contributed by atoms with E-state index in [0.29, 0.717) is 17.8 Å². The van der Waals surface area contributed by atoms with Gasteiger partial charge in [-0.05, 0) is 24.5 Å². The van der Waals surface area contributed by atoms with Crippen LogP contribution in [0.25, 0.3) is 0 Å². The number of carbonyl (C=O) groups excluding carboxylic acids is 1. The zero-order valence-electron chi connectivity index (χ0n) is 12.7. The van der Waals surface area contributed by atoms with Gasteiger partial charge in [-0.3, -0.25) is 4.79 Å². The number of amides is 1. The summed E-state index contributed by atoms with van der Waals surface area (Å²) in [7, 11) is 0. The third kappa shape index (κ3) is 2.62. The largest absolute Gasteiger partial charge is 0.352 e. The fraction of sp³-hybridized carbons (Fsp3) is 0.333. The summed E-state index contributed by atoms with van der Waals surface area (Å²) in [5.74, 6) is -0.000365. The van der Waals surface area contributed by atoms with Crippen LogP contribution in [0.3, 0.4) is 0 Å². The molecule has 1 aliphatic heterocycles. The highest BCUT2D eigenvalue weighted by Crippen LogP contribution is 2.34. The fourth-order valence-electron chi connectivity index (χ4n) is 3.25. The highest BCUT2D eigenvalue weighted by atomic mass is 16.2. The number of nitrogens with one attached hydrogen (secondary N) is 1. The quantitative estimate of drug-likeness (QED) is 0.925. The summed E-state index contributed by atoms with van der Waals surface area (Å²) < 4.78 is 0. The average molecular weight is 293 g/mol. The normalized spacial score (nSPS) is 21.4. The Bertz CT molecular complexity index is 713.